The summed E-state index contributed by atoms with van der Waals surface area (Å²) in [5.74, 6) is 0. The fourth-order valence-corrected chi connectivity index (χ4v) is 16.0. The van der Waals surface area contributed by atoms with Gasteiger partial charge < -0.3 is 29.4 Å². The average molecular weight is 1390 g/mol. The van der Waals surface area contributed by atoms with E-state index >= 15 is 0 Å². The molecular weight excluding hydrogens is 1310 g/mol. The summed E-state index contributed by atoms with van der Waals surface area (Å²) in [5.41, 5.74) is 30.3. The Morgan fingerprint density at radius 1 is 0.130 bits per heavy atom. The third kappa shape index (κ3) is 13.1. The number of hydrogen-bond donors (Lipinski definition) is 0. The van der Waals surface area contributed by atoms with E-state index in [-0.39, 0.29) is 10.8 Å². The highest BCUT2D eigenvalue weighted by Gasteiger charge is 2.38. The van der Waals surface area contributed by atoms with E-state index in [4.69, 9.17) is 0 Å². The van der Waals surface area contributed by atoms with Crippen molar-refractivity contribution in [3.8, 4) is 22.3 Å². The number of benzene rings is 16. The van der Waals surface area contributed by atoms with Crippen molar-refractivity contribution in [1.29, 1.82) is 0 Å². The van der Waals surface area contributed by atoms with Crippen molar-refractivity contribution < 1.29 is 0 Å². The summed E-state index contributed by atoms with van der Waals surface area (Å²) in [6.07, 6.45) is 0. The van der Waals surface area contributed by atoms with Crippen molar-refractivity contribution in [3.05, 3.63) is 447 Å². The summed E-state index contributed by atoms with van der Waals surface area (Å²) in [6.45, 7) is 9.39. The molecule has 0 saturated carbocycles. The van der Waals surface area contributed by atoms with Gasteiger partial charge in [-0.15, -0.1) is 0 Å². The molecule has 16 aromatic rings. The molecule has 0 aromatic heterocycles. The molecule has 0 atom stereocenters. The summed E-state index contributed by atoms with van der Waals surface area (Å²) in [4.78, 5) is 14.0. The minimum absolute atomic E-state index is 0.112. The molecule has 16 aromatic carbocycles. The van der Waals surface area contributed by atoms with Gasteiger partial charge in [-0.1, -0.05) is 240 Å². The van der Waals surface area contributed by atoms with Gasteiger partial charge in [0, 0.05) is 113 Å². The first kappa shape index (κ1) is 67.5. The van der Waals surface area contributed by atoms with Crippen LogP contribution in [-0.4, -0.2) is 0 Å². The van der Waals surface area contributed by atoms with Crippen molar-refractivity contribution in [2.24, 2.45) is 0 Å². The number of fused-ring (bicyclic) bond motifs is 6. The fourth-order valence-electron chi connectivity index (χ4n) is 16.0. The topological polar surface area (TPSA) is 19.4 Å². The number of para-hydroxylation sites is 8. The van der Waals surface area contributed by atoms with Crippen LogP contribution in [0.25, 0.3) is 22.3 Å². The molecule has 6 heteroatoms. The number of hydrogen-bond acceptors (Lipinski definition) is 6. The molecule has 0 unspecified atom stereocenters. The largest absolute Gasteiger partial charge is 0.311 e. The Balaban J connectivity index is 0.000000158. The Labute approximate surface area is 635 Å². The number of anilines is 18. The Morgan fingerprint density at radius 2 is 0.287 bits per heavy atom. The SMILES string of the molecule is CC1(C)c2ccccc2-c2ccc(N(c3ccc(N(c4ccccc4)c4ccccc4)cc3)c3ccc(N(c4ccccc4)c4ccccc4)cc3)cc21.CC1(C)c2ccccc2-c2ccc(N(c3ccc(N(c4ccccc4)c4ccccc4)cc3)c3cccc(N(c4ccccc4)c4ccccc4)c3)cc21. The smallest absolute Gasteiger partial charge is 0.0482 e. The van der Waals surface area contributed by atoms with Gasteiger partial charge in [0.15, 0.2) is 0 Å². The summed E-state index contributed by atoms with van der Waals surface area (Å²) in [5, 5.41) is 0. The van der Waals surface area contributed by atoms with Crippen LogP contribution in [0, 0.1) is 0 Å². The first-order chi connectivity index (χ1) is 53.1. The van der Waals surface area contributed by atoms with Gasteiger partial charge in [0.2, 0.25) is 0 Å². The van der Waals surface area contributed by atoms with Gasteiger partial charge in [-0.05, 0) is 257 Å². The molecule has 0 amide bonds. The molecule has 0 saturated heterocycles. The molecule has 0 fully saturated rings. The van der Waals surface area contributed by atoms with E-state index in [2.05, 4.69) is 482 Å². The molecule has 0 N–H and O–H groups in total. The van der Waals surface area contributed by atoms with E-state index in [1.54, 1.807) is 0 Å². The molecule has 0 radical (unpaired) electrons. The first-order valence-corrected chi connectivity index (χ1v) is 37.2. The molecule has 520 valence electrons. The van der Waals surface area contributed by atoms with Gasteiger partial charge in [-0.3, -0.25) is 0 Å². The van der Waals surface area contributed by atoms with Crippen LogP contribution in [0.3, 0.4) is 0 Å². The van der Waals surface area contributed by atoms with E-state index in [9.17, 15) is 0 Å². The summed E-state index contributed by atoms with van der Waals surface area (Å²) in [7, 11) is 0. The molecule has 108 heavy (non-hydrogen) atoms. The zero-order valence-corrected chi connectivity index (χ0v) is 61.1. The van der Waals surface area contributed by atoms with Crippen LogP contribution in [0.4, 0.5) is 102 Å². The Morgan fingerprint density at radius 3 is 0.528 bits per heavy atom. The van der Waals surface area contributed by atoms with Crippen molar-refractivity contribution in [2.75, 3.05) is 29.4 Å². The zero-order valence-electron chi connectivity index (χ0n) is 61.1. The highest BCUT2D eigenvalue weighted by Crippen LogP contribution is 2.54. The normalized spacial score (nSPS) is 12.4. The lowest BCUT2D eigenvalue weighted by molar-refractivity contribution is 0.660. The van der Waals surface area contributed by atoms with Gasteiger partial charge in [0.05, 0.1) is 0 Å². The van der Waals surface area contributed by atoms with Crippen LogP contribution < -0.4 is 29.4 Å². The van der Waals surface area contributed by atoms with Crippen LogP contribution >= 0.6 is 0 Å². The highest BCUT2D eigenvalue weighted by molar-refractivity contribution is 5.91. The monoisotopic (exact) mass is 1390 g/mol. The predicted octanol–water partition coefficient (Wildman–Crippen LogP) is 28.8. The average Bonchev–Trinajstić information content (AvgIpc) is 1.49. The Kier molecular flexibility index (Phi) is 18.4. The lowest BCUT2D eigenvalue weighted by atomic mass is 9.82. The van der Waals surface area contributed by atoms with Crippen molar-refractivity contribution in [3.63, 3.8) is 0 Å². The summed E-state index contributed by atoms with van der Waals surface area (Å²) >= 11 is 0. The van der Waals surface area contributed by atoms with Crippen LogP contribution in [0.2, 0.25) is 0 Å². The van der Waals surface area contributed by atoms with E-state index in [0.717, 1.165) is 102 Å². The standard InChI is InChI=1S/2C51H41N3/c1-51(2)49-29-16-15-28-47(49)48-35-34-46(37-50(48)51)54(43-32-30-42(31-33-43)52(38-18-7-3-8-19-38)39-20-9-4-10-21-39)45-27-17-26-44(36-45)53(40-22-11-5-12-23-40)41-24-13-6-14-25-41;1-51(2)49-26-16-15-25-47(49)48-36-35-46(37-50(48)51)54(44-31-27-42(28-32-44)52(38-17-7-3-8-18-38)39-19-9-4-10-20-39)45-33-29-43(30-34-45)53(40-21-11-5-12-22-40)41-23-13-6-14-24-41/h2*3-37H,1-2H3. The Bertz CT molecular complexity index is 5440. The van der Waals surface area contributed by atoms with E-state index < -0.39 is 0 Å². The molecule has 2 aliphatic rings. The second-order valence-electron chi connectivity index (χ2n) is 28.6. The lowest BCUT2D eigenvalue weighted by Gasteiger charge is -2.31. The van der Waals surface area contributed by atoms with Crippen LogP contribution in [0.15, 0.2) is 425 Å². The van der Waals surface area contributed by atoms with Gasteiger partial charge in [-0.25, -0.2) is 0 Å². The fraction of sp³-hybridized carbons (Fsp3) is 0.0588. The van der Waals surface area contributed by atoms with Gasteiger partial charge in [0.1, 0.15) is 0 Å². The van der Waals surface area contributed by atoms with E-state index in [1.807, 2.05) is 0 Å². The van der Waals surface area contributed by atoms with Gasteiger partial charge in [-0.2, -0.15) is 0 Å². The third-order valence-corrected chi connectivity index (χ3v) is 21.2. The molecule has 0 heterocycles. The molecule has 18 rings (SSSR count). The third-order valence-electron chi connectivity index (χ3n) is 21.2. The molecular formula is C102H82N6. The molecule has 0 spiro atoms. The minimum atomic E-state index is -0.122. The summed E-state index contributed by atoms with van der Waals surface area (Å²) < 4.78 is 0. The van der Waals surface area contributed by atoms with E-state index in [1.165, 1.54) is 44.5 Å². The van der Waals surface area contributed by atoms with Gasteiger partial charge in [0.25, 0.3) is 0 Å². The van der Waals surface area contributed by atoms with E-state index in [0.29, 0.717) is 0 Å². The maximum absolute atomic E-state index is 2.41. The maximum Gasteiger partial charge on any atom is 0.0482 e. The number of nitrogens with zero attached hydrogens (tertiary/aromatic N) is 6. The van der Waals surface area contributed by atoms with Crippen LogP contribution in [-0.2, 0) is 10.8 Å². The first-order valence-electron chi connectivity index (χ1n) is 37.2. The van der Waals surface area contributed by atoms with Crippen LogP contribution in [0.5, 0.6) is 0 Å². The molecule has 0 bridgehead atoms. The summed E-state index contributed by atoms with van der Waals surface area (Å²) in [6, 6.07) is 152. The second kappa shape index (κ2) is 29.5. The predicted molar refractivity (Wildman–Crippen MR) is 456 cm³/mol. The minimum Gasteiger partial charge on any atom is -0.311 e. The van der Waals surface area contributed by atoms with Gasteiger partial charge >= 0.3 is 0 Å². The zero-order chi connectivity index (χ0) is 73.0. The quantitative estimate of drug-likeness (QED) is 0.0847. The second-order valence-corrected chi connectivity index (χ2v) is 28.6. The highest BCUT2D eigenvalue weighted by atomic mass is 15.2. The Hall–Kier alpha value is -13.7. The maximum atomic E-state index is 2.41. The molecule has 0 aliphatic heterocycles. The molecule has 2 aliphatic carbocycles. The van der Waals surface area contributed by atoms with Crippen LogP contribution in [0.1, 0.15) is 49.9 Å². The van der Waals surface area contributed by atoms with Crippen molar-refractivity contribution in [1.82, 2.24) is 0 Å². The van der Waals surface area contributed by atoms with Crippen molar-refractivity contribution in [2.45, 2.75) is 38.5 Å². The lowest BCUT2D eigenvalue weighted by Crippen LogP contribution is -2.17. The molecule has 6 nitrogen and oxygen atoms in total. The number of rotatable bonds is 18. The van der Waals surface area contributed by atoms with Crippen molar-refractivity contribution >= 4 is 102 Å².